The number of piperidine rings is 1. The molecule has 0 aromatic carbocycles. The number of carbonyl (C=O) groups is 1. The van der Waals surface area contributed by atoms with Crippen LogP contribution in [0.1, 0.15) is 46.1 Å². The predicted octanol–water partition coefficient (Wildman–Crippen LogP) is 2.94. The van der Waals surface area contributed by atoms with Crippen LogP contribution in [0.4, 0.5) is 4.79 Å². The molecule has 2 rings (SSSR count). The van der Waals surface area contributed by atoms with Crippen molar-refractivity contribution in [3.8, 4) is 0 Å². The zero-order valence-electron chi connectivity index (χ0n) is 14.5. The van der Waals surface area contributed by atoms with Crippen molar-refractivity contribution in [3.63, 3.8) is 0 Å². The lowest BCUT2D eigenvalue weighted by Crippen LogP contribution is -2.48. The maximum atomic E-state index is 12.0. The molecule has 130 valence electrons. The third kappa shape index (κ3) is 5.48. The minimum absolute atomic E-state index is 0.235. The van der Waals surface area contributed by atoms with Crippen LogP contribution in [0.2, 0.25) is 0 Å². The van der Waals surface area contributed by atoms with E-state index in [1.807, 2.05) is 44.5 Å². The van der Waals surface area contributed by atoms with Crippen molar-refractivity contribution >= 4 is 17.4 Å². The molecule has 1 aliphatic heterocycles. The average Bonchev–Trinajstić information content (AvgIpc) is 2.99. The molecule has 1 unspecified atom stereocenters. The van der Waals surface area contributed by atoms with E-state index in [2.05, 4.69) is 5.32 Å². The van der Waals surface area contributed by atoms with Gasteiger partial charge >= 0.3 is 6.09 Å². The molecule has 0 radical (unpaired) electrons. The summed E-state index contributed by atoms with van der Waals surface area (Å²) in [5.41, 5.74) is -0.366. The summed E-state index contributed by atoms with van der Waals surface area (Å²) in [5, 5.41) is 17.9. The van der Waals surface area contributed by atoms with Gasteiger partial charge in [0.05, 0.1) is 5.60 Å². The number of carbonyl (C=O) groups excluding carboxylic acids is 1. The second-order valence-corrected chi connectivity index (χ2v) is 8.19. The normalized spacial score (nSPS) is 19.4. The van der Waals surface area contributed by atoms with Gasteiger partial charge in [0.15, 0.2) is 0 Å². The minimum atomic E-state index is -0.859. The van der Waals surface area contributed by atoms with Gasteiger partial charge in [0.1, 0.15) is 5.60 Å². The van der Waals surface area contributed by atoms with Crippen LogP contribution in [0, 0.1) is 0 Å². The fourth-order valence-corrected chi connectivity index (χ4v) is 3.39. The fourth-order valence-electron chi connectivity index (χ4n) is 2.61. The van der Waals surface area contributed by atoms with Gasteiger partial charge in [-0.05, 0) is 62.9 Å². The summed E-state index contributed by atoms with van der Waals surface area (Å²) < 4.78 is 5.40. The van der Waals surface area contributed by atoms with Crippen LogP contribution in [0.25, 0.3) is 0 Å². The number of hydrogen-bond acceptors (Lipinski definition) is 5. The van der Waals surface area contributed by atoms with Crippen molar-refractivity contribution < 1.29 is 14.6 Å². The second kappa shape index (κ2) is 7.20. The number of rotatable bonds is 4. The first-order chi connectivity index (χ1) is 10.7. The molecule has 6 heteroatoms. The Kier molecular flexibility index (Phi) is 5.70. The number of aliphatic hydroxyl groups is 1. The Bertz CT molecular complexity index is 500. The van der Waals surface area contributed by atoms with Crippen LogP contribution in [0.5, 0.6) is 0 Å². The summed E-state index contributed by atoms with van der Waals surface area (Å²) in [7, 11) is 0. The summed E-state index contributed by atoms with van der Waals surface area (Å²) in [4.78, 5) is 13.8. The van der Waals surface area contributed by atoms with Gasteiger partial charge in [-0.1, -0.05) is 0 Å². The van der Waals surface area contributed by atoms with Gasteiger partial charge in [0, 0.05) is 25.7 Å². The van der Waals surface area contributed by atoms with Crippen LogP contribution in [-0.2, 0) is 10.3 Å². The van der Waals surface area contributed by atoms with Gasteiger partial charge in [0.25, 0.3) is 0 Å². The van der Waals surface area contributed by atoms with Gasteiger partial charge in [-0.3, -0.25) is 0 Å². The molecule has 5 nitrogen and oxygen atoms in total. The Morgan fingerprint density at radius 1 is 1.39 bits per heavy atom. The number of likely N-dealkylation sites (tertiary alicyclic amines) is 1. The zero-order valence-corrected chi connectivity index (χ0v) is 15.3. The monoisotopic (exact) mass is 340 g/mol. The zero-order chi connectivity index (χ0) is 17.1. The highest BCUT2D eigenvalue weighted by Gasteiger charge is 2.29. The molecule has 1 atom stereocenters. The lowest BCUT2D eigenvalue weighted by atomic mass is 9.97. The molecule has 0 bridgehead atoms. The molecule has 1 fully saturated rings. The van der Waals surface area contributed by atoms with Crippen molar-refractivity contribution in [1.29, 1.82) is 0 Å². The maximum Gasteiger partial charge on any atom is 0.410 e. The van der Waals surface area contributed by atoms with E-state index in [1.165, 1.54) is 0 Å². The highest BCUT2D eigenvalue weighted by Crippen LogP contribution is 2.23. The second-order valence-electron chi connectivity index (χ2n) is 7.41. The first kappa shape index (κ1) is 18.2. The van der Waals surface area contributed by atoms with Crippen molar-refractivity contribution in [2.24, 2.45) is 0 Å². The lowest BCUT2D eigenvalue weighted by Gasteiger charge is -2.35. The first-order valence-electron chi connectivity index (χ1n) is 8.14. The molecule has 0 saturated carbocycles. The Balaban J connectivity index is 1.76. The summed E-state index contributed by atoms with van der Waals surface area (Å²) >= 11 is 1.59. The smallest absolute Gasteiger partial charge is 0.410 e. The minimum Gasteiger partial charge on any atom is -0.444 e. The molecular formula is C17H28N2O3S. The number of nitrogens with one attached hydrogen (secondary N) is 1. The van der Waals surface area contributed by atoms with Gasteiger partial charge in [-0.2, -0.15) is 11.3 Å². The number of thiophene rings is 1. The van der Waals surface area contributed by atoms with E-state index >= 15 is 0 Å². The SMILES string of the molecule is CC(C)(C)OC(=O)N1CCC(NCC(C)(O)c2ccsc2)CC1. The standard InChI is InChI=1S/C17H28N2O3S/c1-16(2,3)22-15(20)19-8-5-14(6-9-19)18-12-17(4,21)13-7-10-23-11-13/h7,10-11,14,18,21H,5-6,8-9,12H2,1-4H3. The lowest BCUT2D eigenvalue weighted by molar-refractivity contribution is 0.0174. The van der Waals surface area contributed by atoms with Crippen LogP contribution >= 0.6 is 11.3 Å². The average molecular weight is 340 g/mol. The number of hydrogen-bond donors (Lipinski definition) is 2. The third-order valence-electron chi connectivity index (χ3n) is 4.02. The van der Waals surface area contributed by atoms with E-state index in [0.29, 0.717) is 25.7 Å². The van der Waals surface area contributed by atoms with Gasteiger partial charge in [-0.25, -0.2) is 4.79 Å². The topological polar surface area (TPSA) is 61.8 Å². The van der Waals surface area contributed by atoms with Gasteiger partial charge < -0.3 is 20.1 Å². The van der Waals surface area contributed by atoms with Crippen molar-refractivity contribution in [3.05, 3.63) is 22.4 Å². The quantitative estimate of drug-likeness (QED) is 0.885. The van der Waals surface area contributed by atoms with Crippen LogP contribution in [-0.4, -0.2) is 47.4 Å². The van der Waals surface area contributed by atoms with E-state index in [4.69, 9.17) is 4.74 Å². The largest absolute Gasteiger partial charge is 0.444 e. The van der Waals surface area contributed by atoms with E-state index < -0.39 is 11.2 Å². The summed E-state index contributed by atoms with van der Waals surface area (Å²) in [6.45, 7) is 9.36. The molecule has 0 spiro atoms. The van der Waals surface area contributed by atoms with Crippen LogP contribution in [0.15, 0.2) is 16.8 Å². The number of nitrogens with zero attached hydrogens (tertiary/aromatic N) is 1. The third-order valence-corrected chi connectivity index (χ3v) is 4.71. The van der Waals surface area contributed by atoms with Crippen molar-refractivity contribution in [2.75, 3.05) is 19.6 Å². The predicted molar refractivity (Wildman–Crippen MR) is 92.7 cm³/mol. The van der Waals surface area contributed by atoms with Gasteiger partial charge in [-0.15, -0.1) is 0 Å². The summed E-state index contributed by atoms with van der Waals surface area (Å²) in [6, 6.07) is 2.27. The fraction of sp³-hybridized carbons (Fsp3) is 0.706. The Morgan fingerprint density at radius 3 is 2.57 bits per heavy atom. The van der Waals surface area contributed by atoms with E-state index in [9.17, 15) is 9.90 Å². The first-order valence-corrected chi connectivity index (χ1v) is 9.08. The Morgan fingerprint density at radius 2 is 2.04 bits per heavy atom. The summed E-state index contributed by atoms with van der Waals surface area (Å²) in [5.74, 6) is 0. The van der Waals surface area contributed by atoms with E-state index in [1.54, 1.807) is 16.2 Å². The molecule has 1 aliphatic rings. The van der Waals surface area contributed by atoms with Crippen molar-refractivity contribution in [1.82, 2.24) is 10.2 Å². The molecule has 1 saturated heterocycles. The highest BCUT2D eigenvalue weighted by molar-refractivity contribution is 7.08. The molecule has 2 heterocycles. The van der Waals surface area contributed by atoms with Crippen LogP contribution < -0.4 is 5.32 Å². The summed E-state index contributed by atoms with van der Waals surface area (Å²) in [6.07, 6.45) is 1.51. The molecular weight excluding hydrogens is 312 g/mol. The highest BCUT2D eigenvalue weighted by atomic mass is 32.1. The molecule has 2 N–H and O–H groups in total. The number of amides is 1. The molecule has 1 aromatic heterocycles. The molecule has 1 amide bonds. The van der Waals surface area contributed by atoms with E-state index in [-0.39, 0.29) is 6.09 Å². The molecule has 23 heavy (non-hydrogen) atoms. The van der Waals surface area contributed by atoms with E-state index in [0.717, 1.165) is 18.4 Å². The van der Waals surface area contributed by atoms with Crippen LogP contribution in [0.3, 0.4) is 0 Å². The molecule has 0 aliphatic carbocycles. The maximum absolute atomic E-state index is 12.0. The number of ether oxygens (including phenoxy) is 1. The Hall–Kier alpha value is -1.11. The molecule has 1 aromatic rings. The van der Waals surface area contributed by atoms with Gasteiger partial charge in [0.2, 0.25) is 0 Å². The van der Waals surface area contributed by atoms with Crippen molar-refractivity contribution in [2.45, 2.75) is 57.8 Å². The Labute approximate surface area is 142 Å².